The molecular weight excluding hydrogens is 288 g/mol. The molecule has 2 rings (SSSR count). The van der Waals surface area contributed by atoms with Crippen LogP contribution in [0, 0.1) is 0 Å². The number of thiazole rings is 1. The number of rotatable bonds is 10. The predicted octanol–water partition coefficient (Wildman–Crippen LogP) is 1.60. The molecule has 0 saturated heterocycles. The molecule has 2 aromatic rings. The molecule has 2 aromatic heterocycles. The van der Waals surface area contributed by atoms with Crippen molar-refractivity contribution < 1.29 is 9.47 Å². The molecule has 0 aromatic carbocycles. The van der Waals surface area contributed by atoms with Gasteiger partial charge in [0.15, 0.2) is 10.8 Å². The molecule has 6 nitrogen and oxygen atoms in total. The van der Waals surface area contributed by atoms with Crippen molar-refractivity contribution >= 4 is 22.1 Å². The molecule has 0 unspecified atom stereocenters. The van der Waals surface area contributed by atoms with E-state index in [4.69, 9.17) is 14.5 Å². The molecule has 1 N–H and O–H groups in total. The first-order chi connectivity index (χ1) is 10.3. The Hall–Kier alpha value is -1.15. The van der Waals surface area contributed by atoms with Gasteiger partial charge in [-0.2, -0.15) is 0 Å². The number of methoxy groups -OCH3 is 2. The van der Waals surface area contributed by atoms with Crippen LogP contribution in [0.3, 0.4) is 0 Å². The maximum absolute atomic E-state index is 5.12. The summed E-state index contributed by atoms with van der Waals surface area (Å²) >= 11 is 1.66. The molecule has 2 heterocycles. The van der Waals surface area contributed by atoms with Gasteiger partial charge >= 0.3 is 0 Å². The van der Waals surface area contributed by atoms with Gasteiger partial charge in [0.05, 0.1) is 12.3 Å². The fourth-order valence-corrected chi connectivity index (χ4v) is 2.95. The van der Waals surface area contributed by atoms with Gasteiger partial charge in [-0.15, -0.1) is 11.3 Å². The SMILES string of the molecule is COCCCN(C)c1nc2sccn2c1CNCCOC. The van der Waals surface area contributed by atoms with Gasteiger partial charge in [0.1, 0.15) is 0 Å². The van der Waals surface area contributed by atoms with Crippen molar-refractivity contribution in [1.82, 2.24) is 14.7 Å². The lowest BCUT2D eigenvalue weighted by molar-refractivity contribution is 0.196. The number of anilines is 1. The number of nitrogens with zero attached hydrogens (tertiary/aromatic N) is 3. The number of imidazole rings is 1. The van der Waals surface area contributed by atoms with Gasteiger partial charge in [-0.1, -0.05) is 0 Å². The fraction of sp³-hybridized carbons (Fsp3) is 0.643. The van der Waals surface area contributed by atoms with Crippen molar-refractivity contribution in [2.75, 3.05) is 52.5 Å². The van der Waals surface area contributed by atoms with Crippen LogP contribution >= 0.6 is 11.3 Å². The largest absolute Gasteiger partial charge is 0.385 e. The Kier molecular flexibility index (Phi) is 6.44. The molecule has 0 saturated carbocycles. The minimum Gasteiger partial charge on any atom is -0.385 e. The van der Waals surface area contributed by atoms with E-state index in [1.54, 1.807) is 25.6 Å². The molecular formula is C14H24N4O2S. The molecule has 0 aliphatic heterocycles. The summed E-state index contributed by atoms with van der Waals surface area (Å²) in [7, 11) is 5.53. The number of nitrogens with one attached hydrogen (secondary N) is 1. The van der Waals surface area contributed by atoms with Crippen LogP contribution < -0.4 is 10.2 Å². The summed E-state index contributed by atoms with van der Waals surface area (Å²) in [6.45, 7) is 4.04. The topological polar surface area (TPSA) is 51.0 Å². The van der Waals surface area contributed by atoms with E-state index in [-0.39, 0.29) is 0 Å². The number of fused-ring (bicyclic) bond motifs is 1. The summed E-state index contributed by atoms with van der Waals surface area (Å²) in [6, 6.07) is 0. The van der Waals surface area contributed by atoms with Gasteiger partial charge in [0.25, 0.3) is 0 Å². The highest BCUT2D eigenvalue weighted by Crippen LogP contribution is 2.24. The second-order valence-corrected chi connectivity index (χ2v) is 5.75. The predicted molar refractivity (Wildman–Crippen MR) is 86.4 cm³/mol. The summed E-state index contributed by atoms with van der Waals surface area (Å²) in [5, 5.41) is 5.47. The Balaban J connectivity index is 2.07. The third-order valence-corrected chi connectivity index (χ3v) is 4.08. The fourth-order valence-electron chi connectivity index (χ4n) is 2.22. The van der Waals surface area contributed by atoms with Crippen molar-refractivity contribution in [3.05, 3.63) is 17.3 Å². The van der Waals surface area contributed by atoms with Gasteiger partial charge < -0.3 is 19.7 Å². The van der Waals surface area contributed by atoms with Crippen LogP contribution in [-0.2, 0) is 16.0 Å². The zero-order valence-corrected chi connectivity index (χ0v) is 13.8. The zero-order chi connectivity index (χ0) is 15.1. The van der Waals surface area contributed by atoms with Crippen molar-refractivity contribution in [3.8, 4) is 0 Å². The van der Waals surface area contributed by atoms with Gasteiger partial charge in [-0.25, -0.2) is 4.98 Å². The van der Waals surface area contributed by atoms with E-state index in [1.807, 2.05) is 0 Å². The molecule has 0 atom stereocenters. The van der Waals surface area contributed by atoms with E-state index >= 15 is 0 Å². The molecule has 0 aliphatic rings. The Labute approximate surface area is 129 Å². The molecule has 21 heavy (non-hydrogen) atoms. The second-order valence-electron chi connectivity index (χ2n) is 4.88. The number of ether oxygens (including phenoxy) is 2. The maximum atomic E-state index is 5.12. The van der Waals surface area contributed by atoms with Crippen molar-refractivity contribution in [1.29, 1.82) is 0 Å². The van der Waals surface area contributed by atoms with E-state index in [1.165, 1.54) is 5.69 Å². The Morgan fingerprint density at radius 2 is 2.14 bits per heavy atom. The van der Waals surface area contributed by atoms with Crippen LogP contribution in [0.15, 0.2) is 11.6 Å². The molecule has 7 heteroatoms. The summed E-state index contributed by atoms with van der Waals surface area (Å²) in [5.41, 5.74) is 1.20. The first-order valence-electron chi connectivity index (χ1n) is 7.12. The average Bonchev–Trinajstić information content (AvgIpc) is 3.05. The van der Waals surface area contributed by atoms with E-state index in [9.17, 15) is 0 Å². The summed E-state index contributed by atoms with van der Waals surface area (Å²) in [6.07, 6.45) is 3.07. The van der Waals surface area contributed by atoms with Gasteiger partial charge in [0, 0.05) is 59.1 Å². The van der Waals surface area contributed by atoms with Gasteiger partial charge in [-0.05, 0) is 6.42 Å². The van der Waals surface area contributed by atoms with Crippen molar-refractivity contribution in [2.24, 2.45) is 0 Å². The Morgan fingerprint density at radius 3 is 2.90 bits per heavy atom. The maximum Gasteiger partial charge on any atom is 0.195 e. The van der Waals surface area contributed by atoms with Crippen LogP contribution in [-0.4, -0.2) is 57.0 Å². The first kappa shape index (κ1) is 16.2. The molecule has 0 fully saturated rings. The molecule has 0 amide bonds. The van der Waals surface area contributed by atoms with Crippen LogP contribution in [0.25, 0.3) is 4.96 Å². The highest BCUT2D eigenvalue weighted by molar-refractivity contribution is 7.15. The van der Waals surface area contributed by atoms with Crippen LogP contribution in [0.4, 0.5) is 5.82 Å². The van der Waals surface area contributed by atoms with E-state index in [0.29, 0.717) is 6.61 Å². The highest BCUT2D eigenvalue weighted by atomic mass is 32.1. The summed E-state index contributed by atoms with van der Waals surface area (Å²) < 4.78 is 12.3. The van der Waals surface area contributed by atoms with Gasteiger partial charge in [-0.3, -0.25) is 4.40 Å². The molecule has 0 bridgehead atoms. The lowest BCUT2D eigenvalue weighted by atomic mass is 10.3. The normalized spacial score (nSPS) is 11.4. The average molecular weight is 312 g/mol. The lowest BCUT2D eigenvalue weighted by Gasteiger charge is -2.18. The van der Waals surface area contributed by atoms with Crippen molar-refractivity contribution in [2.45, 2.75) is 13.0 Å². The lowest BCUT2D eigenvalue weighted by Crippen LogP contribution is -2.24. The van der Waals surface area contributed by atoms with Crippen molar-refractivity contribution in [3.63, 3.8) is 0 Å². The monoisotopic (exact) mass is 312 g/mol. The molecule has 0 spiro atoms. The number of hydrogen-bond acceptors (Lipinski definition) is 6. The highest BCUT2D eigenvalue weighted by Gasteiger charge is 2.16. The van der Waals surface area contributed by atoms with E-state index < -0.39 is 0 Å². The second kappa shape index (κ2) is 8.33. The number of hydrogen-bond donors (Lipinski definition) is 1. The minimum absolute atomic E-state index is 0.713. The summed E-state index contributed by atoms with van der Waals surface area (Å²) in [5.74, 6) is 1.04. The summed E-state index contributed by atoms with van der Waals surface area (Å²) in [4.78, 5) is 7.98. The third-order valence-electron chi connectivity index (χ3n) is 3.32. The van der Waals surface area contributed by atoms with E-state index in [0.717, 1.165) is 43.4 Å². The van der Waals surface area contributed by atoms with Crippen LogP contribution in [0.5, 0.6) is 0 Å². The number of aromatic nitrogens is 2. The van der Waals surface area contributed by atoms with Crippen LogP contribution in [0.1, 0.15) is 12.1 Å². The Morgan fingerprint density at radius 1 is 1.33 bits per heavy atom. The standard InChI is InChI=1S/C14H24N4O2S/c1-17(6-4-8-19-2)13-12(11-15-5-9-20-3)18-7-10-21-14(18)16-13/h7,10,15H,4-6,8-9,11H2,1-3H3. The minimum atomic E-state index is 0.713. The zero-order valence-electron chi connectivity index (χ0n) is 13.0. The first-order valence-corrected chi connectivity index (χ1v) is 8.00. The molecule has 118 valence electrons. The quantitative estimate of drug-likeness (QED) is 0.676. The van der Waals surface area contributed by atoms with E-state index in [2.05, 4.69) is 33.2 Å². The van der Waals surface area contributed by atoms with Gasteiger partial charge in [0.2, 0.25) is 0 Å². The third kappa shape index (κ3) is 4.16. The molecule has 0 aliphatic carbocycles. The molecule has 0 radical (unpaired) electrons. The smallest absolute Gasteiger partial charge is 0.195 e. The van der Waals surface area contributed by atoms with Crippen LogP contribution in [0.2, 0.25) is 0 Å². The Bertz CT molecular complexity index is 540.